The molecule has 4 unspecified atom stereocenters. The summed E-state index contributed by atoms with van der Waals surface area (Å²) >= 11 is 0. The molecule has 2 N–H and O–H groups in total. The third-order valence-electron chi connectivity index (χ3n) is 4.87. The van der Waals surface area contributed by atoms with Crippen LogP contribution in [-0.2, 0) is 11.2 Å². The first-order valence-electron chi connectivity index (χ1n) is 7.02. The Morgan fingerprint density at radius 2 is 2.17 bits per heavy atom. The van der Waals surface area contributed by atoms with Gasteiger partial charge in [0.25, 0.3) is 0 Å². The molecule has 1 aromatic rings. The Kier molecular flexibility index (Phi) is 2.28. The van der Waals surface area contributed by atoms with Crippen molar-refractivity contribution in [2.75, 3.05) is 6.61 Å². The molecule has 0 radical (unpaired) electrons. The van der Waals surface area contributed by atoms with Gasteiger partial charge in [-0.15, -0.1) is 0 Å². The minimum absolute atomic E-state index is 0.119. The van der Waals surface area contributed by atoms with Crippen LogP contribution in [0.15, 0.2) is 36.1 Å². The van der Waals surface area contributed by atoms with Crippen LogP contribution in [0.4, 0.5) is 0 Å². The van der Waals surface area contributed by atoms with Gasteiger partial charge in [-0.1, -0.05) is 24.3 Å². The molecule has 0 bridgehead atoms. The van der Waals surface area contributed by atoms with E-state index >= 15 is 0 Å². The predicted octanol–water partition coefficient (Wildman–Crippen LogP) is 2.59. The summed E-state index contributed by atoms with van der Waals surface area (Å²) in [6.45, 7) is 0.821. The maximum absolute atomic E-state index is 6.41. The monoisotopic (exact) mass is 241 g/mol. The fourth-order valence-electron chi connectivity index (χ4n) is 3.97. The van der Waals surface area contributed by atoms with Crippen LogP contribution in [0.2, 0.25) is 0 Å². The Labute approximate surface area is 108 Å². The number of nitrogens with two attached hydrogens (primary N) is 1. The molecule has 1 heterocycles. The molecule has 4 atom stereocenters. The smallest absolute Gasteiger partial charge is 0.109 e. The molecular weight excluding hydrogens is 222 g/mol. The molecule has 4 rings (SSSR count). The van der Waals surface area contributed by atoms with E-state index < -0.39 is 0 Å². The number of hydrogen-bond donors (Lipinski definition) is 1. The standard InChI is InChI=1S/C16H19NO/c17-16(13-6-3-9-18-13)15-12-8-7-10-4-1-2-5-11(10)14(12)15/h1-2,4-6,12,14-16H,3,7-9,17H2. The van der Waals surface area contributed by atoms with E-state index in [1.807, 2.05) is 0 Å². The van der Waals surface area contributed by atoms with Crippen molar-refractivity contribution in [1.82, 2.24) is 0 Å². The fourth-order valence-corrected chi connectivity index (χ4v) is 3.97. The van der Waals surface area contributed by atoms with E-state index in [4.69, 9.17) is 10.5 Å². The Bertz CT molecular complexity index is 508. The Balaban J connectivity index is 1.61. The summed E-state index contributed by atoms with van der Waals surface area (Å²) < 4.78 is 5.65. The molecule has 3 aliphatic rings. The molecule has 94 valence electrons. The van der Waals surface area contributed by atoms with E-state index in [0.29, 0.717) is 11.8 Å². The van der Waals surface area contributed by atoms with Crippen LogP contribution in [0.3, 0.4) is 0 Å². The molecule has 1 fully saturated rings. The third kappa shape index (κ3) is 1.45. The lowest BCUT2D eigenvalue weighted by molar-refractivity contribution is 0.217. The van der Waals surface area contributed by atoms with Crippen molar-refractivity contribution in [3.05, 3.63) is 47.2 Å². The predicted molar refractivity (Wildman–Crippen MR) is 71.1 cm³/mol. The van der Waals surface area contributed by atoms with Gasteiger partial charge in [0.2, 0.25) is 0 Å². The summed E-state index contributed by atoms with van der Waals surface area (Å²) in [5, 5.41) is 0. The second kappa shape index (κ2) is 3.86. The highest BCUT2D eigenvalue weighted by atomic mass is 16.5. The highest BCUT2D eigenvalue weighted by molar-refractivity contribution is 5.41. The first-order valence-corrected chi connectivity index (χ1v) is 7.02. The van der Waals surface area contributed by atoms with Gasteiger partial charge >= 0.3 is 0 Å². The molecule has 1 aromatic carbocycles. The number of benzene rings is 1. The largest absolute Gasteiger partial charge is 0.496 e. The molecule has 0 saturated heterocycles. The van der Waals surface area contributed by atoms with E-state index in [9.17, 15) is 0 Å². The van der Waals surface area contributed by atoms with Gasteiger partial charge in [-0.2, -0.15) is 0 Å². The fraction of sp³-hybridized carbons (Fsp3) is 0.500. The van der Waals surface area contributed by atoms with Gasteiger partial charge in [0.05, 0.1) is 12.6 Å². The summed E-state index contributed by atoms with van der Waals surface area (Å²) in [5.41, 5.74) is 9.49. The van der Waals surface area contributed by atoms with Crippen molar-refractivity contribution in [3.63, 3.8) is 0 Å². The van der Waals surface area contributed by atoms with Crippen molar-refractivity contribution in [3.8, 4) is 0 Å². The number of aryl methyl sites for hydroxylation is 1. The van der Waals surface area contributed by atoms with Crippen LogP contribution in [0.5, 0.6) is 0 Å². The van der Waals surface area contributed by atoms with Gasteiger partial charge < -0.3 is 10.5 Å². The quantitative estimate of drug-likeness (QED) is 0.863. The van der Waals surface area contributed by atoms with Crippen LogP contribution in [-0.4, -0.2) is 12.6 Å². The number of fused-ring (bicyclic) bond motifs is 3. The minimum atomic E-state index is 0.119. The van der Waals surface area contributed by atoms with Crippen LogP contribution in [0, 0.1) is 11.8 Å². The van der Waals surface area contributed by atoms with Gasteiger partial charge in [-0.3, -0.25) is 0 Å². The zero-order chi connectivity index (χ0) is 12.1. The average Bonchev–Trinajstić information content (AvgIpc) is 2.89. The van der Waals surface area contributed by atoms with Crippen LogP contribution in [0.1, 0.15) is 29.9 Å². The van der Waals surface area contributed by atoms with Crippen molar-refractivity contribution in [1.29, 1.82) is 0 Å². The average molecular weight is 241 g/mol. The maximum Gasteiger partial charge on any atom is 0.109 e. The normalized spacial score (nSPS) is 34.1. The zero-order valence-corrected chi connectivity index (χ0v) is 10.5. The van der Waals surface area contributed by atoms with E-state index in [2.05, 4.69) is 30.3 Å². The Hall–Kier alpha value is -1.28. The van der Waals surface area contributed by atoms with Crippen molar-refractivity contribution in [2.24, 2.45) is 17.6 Å². The van der Waals surface area contributed by atoms with Crippen molar-refractivity contribution in [2.45, 2.75) is 31.2 Å². The second-order valence-corrected chi connectivity index (χ2v) is 5.77. The molecule has 2 aliphatic carbocycles. The summed E-state index contributed by atoms with van der Waals surface area (Å²) in [5.74, 6) is 3.14. The number of ether oxygens (including phenoxy) is 1. The first kappa shape index (κ1) is 10.6. The molecule has 1 saturated carbocycles. The van der Waals surface area contributed by atoms with Crippen molar-refractivity contribution < 1.29 is 4.74 Å². The molecule has 2 heteroatoms. The topological polar surface area (TPSA) is 35.2 Å². The minimum Gasteiger partial charge on any atom is -0.496 e. The zero-order valence-electron chi connectivity index (χ0n) is 10.5. The number of hydrogen-bond acceptors (Lipinski definition) is 2. The molecule has 2 nitrogen and oxygen atoms in total. The van der Waals surface area contributed by atoms with Crippen LogP contribution >= 0.6 is 0 Å². The van der Waals surface area contributed by atoms with E-state index in [1.54, 1.807) is 5.56 Å². The molecule has 1 aliphatic heterocycles. The highest BCUT2D eigenvalue weighted by Crippen LogP contribution is 2.61. The van der Waals surface area contributed by atoms with Crippen molar-refractivity contribution >= 4 is 0 Å². The van der Waals surface area contributed by atoms with Gasteiger partial charge in [0, 0.05) is 6.42 Å². The summed E-state index contributed by atoms with van der Waals surface area (Å²) in [7, 11) is 0. The van der Waals surface area contributed by atoms with Gasteiger partial charge in [0.1, 0.15) is 5.76 Å². The van der Waals surface area contributed by atoms with E-state index in [1.165, 1.54) is 18.4 Å². The van der Waals surface area contributed by atoms with Gasteiger partial charge in [-0.05, 0) is 47.8 Å². The Morgan fingerprint density at radius 3 is 3.00 bits per heavy atom. The maximum atomic E-state index is 6.41. The van der Waals surface area contributed by atoms with Crippen LogP contribution < -0.4 is 5.73 Å². The summed E-state index contributed by atoms with van der Waals surface area (Å²) in [6, 6.07) is 9.00. The molecule has 18 heavy (non-hydrogen) atoms. The lowest BCUT2D eigenvalue weighted by Crippen LogP contribution is -2.26. The first-order chi connectivity index (χ1) is 8.86. The van der Waals surface area contributed by atoms with Gasteiger partial charge in [0.15, 0.2) is 0 Å². The van der Waals surface area contributed by atoms with Crippen LogP contribution in [0.25, 0.3) is 0 Å². The molecule has 0 spiro atoms. The molecule has 0 amide bonds. The summed E-state index contributed by atoms with van der Waals surface area (Å²) in [4.78, 5) is 0. The lowest BCUT2D eigenvalue weighted by atomic mass is 9.92. The van der Waals surface area contributed by atoms with Gasteiger partial charge in [-0.25, -0.2) is 0 Å². The lowest BCUT2D eigenvalue weighted by Gasteiger charge is -2.14. The Morgan fingerprint density at radius 1 is 1.28 bits per heavy atom. The van der Waals surface area contributed by atoms with E-state index in [-0.39, 0.29) is 6.04 Å². The second-order valence-electron chi connectivity index (χ2n) is 5.77. The molecule has 0 aromatic heterocycles. The molecular formula is C16H19NO. The number of rotatable bonds is 2. The highest BCUT2D eigenvalue weighted by Gasteiger charge is 2.56. The summed E-state index contributed by atoms with van der Waals surface area (Å²) in [6.07, 6.45) is 5.73. The SMILES string of the molecule is NC(C1=CCCO1)C1C2CCc3ccccc3C21. The van der Waals surface area contributed by atoms with E-state index in [0.717, 1.165) is 24.7 Å². The third-order valence-corrected chi connectivity index (χ3v) is 4.87.